The molecule has 3 atom stereocenters. The van der Waals surface area contributed by atoms with E-state index < -0.39 is 18.2 Å². The second-order valence-corrected chi connectivity index (χ2v) is 14.4. The number of aliphatic hydroxyl groups excluding tert-OH is 2. The van der Waals surface area contributed by atoms with E-state index in [4.69, 9.17) is 4.74 Å². The van der Waals surface area contributed by atoms with E-state index in [0.717, 1.165) is 51.4 Å². The van der Waals surface area contributed by atoms with Gasteiger partial charge in [-0.2, -0.15) is 0 Å². The molecule has 0 aromatic heterocycles. The Morgan fingerprint density at radius 3 is 1.59 bits per heavy atom. The molecule has 0 heterocycles. The number of allylic oxidation sites excluding steroid dienone is 3. The van der Waals surface area contributed by atoms with Gasteiger partial charge in [-0.1, -0.05) is 187 Å². The van der Waals surface area contributed by atoms with Crippen LogP contribution in [0.25, 0.3) is 0 Å². The van der Waals surface area contributed by atoms with Crippen LogP contribution in [0.15, 0.2) is 24.3 Å². The summed E-state index contributed by atoms with van der Waals surface area (Å²) in [6, 6.07) is -0.724. The number of unbranched alkanes of at least 4 members (excludes halogenated alkanes) is 23. The molecule has 6 heteroatoms. The molecule has 0 aliphatic rings. The smallest absolute Gasteiger partial charge is 0.306 e. The van der Waals surface area contributed by atoms with Crippen molar-refractivity contribution in [3.05, 3.63) is 24.3 Å². The number of carbonyl (C=O) groups is 2. The quantitative estimate of drug-likeness (QED) is 0.0342. The average Bonchev–Trinajstić information content (AvgIpc) is 3.09. The molecule has 0 spiro atoms. The fraction of sp³-hybridized carbons (Fsp3) is 0.860. The predicted molar refractivity (Wildman–Crippen MR) is 209 cm³/mol. The van der Waals surface area contributed by atoms with E-state index in [1.54, 1.807) is 0 Å². The van der Waals surface area contributed by atoms with E-state index in [-0.39, 0.29) is 24.9 Å². The Balaban J connectivity index is 4.70. The van der Waals surface area contributed by atoms with Gasteiger partial charge in [-0.3, -0.25) is 9.59 Å². The number of carbonyl (C=O) groups excluding carboxylic acids is 2. The molecule has 0 aromatic carbocycles. The fourth-order valence-electron chi connectivity index (χ4n) is 6.28. The minimum atomic E-state index is -0.803. The van der Waals surface area contributed by atoms with Crippen LogP contribution in [0.4, 0.5) is 0 Å². The third-order valence-electron chi connectivity index (χ3n) is 9.53. The van der Waals surface area contributed by atoms with Gasteiger partial charge in [-0.15, -0.1) is 0 Å². The van der Waals surface area contributed by atoms with Gasteiger partial charge in [0.25, 0.3) is 0 Å². The van der Waals surface area contributed by atoms with Crippen LogP contribution in [-0.4, -0.2) is 46.9 Å². The molecule has 49 heavy (non-hydrogen) atoms. The van der Waals surface area contributed by atoms with E-state index in [2.05, 4.69) is 38.2 Å². The number of esters is 1. The van der Waals surface area contributed by atoms with Gasteiger partial charge in [-0.25, -0.2) is 0 Å². The molecule has 1 amide bonds. The van der Waals surface area contributed by atoms with E-state index in [1.807, 2.05) is 12.2 Å². The molecule has 6 nitrogen and oxygen atoms in total. The molecule has 0 aliphatic carbocycles. The number of rotatable bonds is 37. The van der Waals surface area contributed by atoms with Crippen molar-refractivity contribution < 1.29 is 24.5 Å². The lowest BCUT2D eigenvalue weighted by Gasteiger charge is -2.23. The summed E-state index contributed by atoms with van der Waals surface area (Å²) < 4.78 is 5.76. The zero-order valence-corrected chi connectivity index (χ0v) is 32.6. The maximum atomic E-state index is 13.0. The molecule has 3 unspecified atom stereocenters. The normalized spacial score (nSPS) is 13.7. The van der Waals surface area contributed by atoms with E-state index in [9.17, 15) is 19.8 Å². The molecule has 0 fully saturated rings. The number of amides is 1. The first-order valence-corrected chi connectivity index (χ1v) is 21.1. The van der Waals surface area contributed by atoms with Crippen LogP contribution < -0.4 is 5.32 Å². The second-order valence-electron chi connectivity index (χ2n) is 14.4. The summed E-state index contributed by atoms with van der Waals surface area (Å²) in [5.74, 6) is -0.603. The van der Waals surface area contributed by atoms with E-state index in [0.29, 0.717) is 12.8 Å². The van der Waals surface area contributed by atoms with Gasteiger partial charge in [0, 0.05) is 6.42 Å². The highest BCUT2D eigenvalue weighted by atomic mass is 16.5. The summed E-state index contributed by atoms with van der Waals surface area (Å²) in [5, 5.41) is 23.4. The van der Waals surface area contributed by atoms with Gasteiger partial charge in [0.1, 0.15) is 6.10 Å². The number of hydrogen-bond acceptors (Lipinski definition) is 5. The number of hydrogen-bond donors (Lipinski definition) is 3. The van der Waals surface area contributed by atoms with Crippen LogP contribution in [0.1, 0.15) is 213 Å². The van der Waals surface area contributed by atoms with Crippen molar-refractivity contribution in [1.29, 1.82) is 0 Å². The summed E-state index contributed by atoms with van der Waals surface area (Å²) in [7, 11) is 0. The van der Waals surface area contributed by atoms with Crippen LogP contribution in [0, 0.1) is 0 Å². The summed E-state index contributed by atoms with van der Waals surface area (Å²) in [5.41, 5.74) is 0. The Bertz CT molecular complexity index is 782. The summed E-state index contributed by atoms with van der Waals surface area (Å²) in [4.78, 5) is 25.7. The summed E-state index contributed by atoms with van der Waals surface area (Å²) >= 11 is 0. The summed E-state index contributed by atoms with van der Waals surface area (Å²) in [6.45, 7) is 6.39. The standard InChI is InChI=1S/C43H81NO5/c1-4-7-10-13-16-19-21-23-25-28-31-34-39(49-43(48)36-33-30-27-22-18-15-12-9-6-3)37-42(47)44-40(38-45)41(46)35-32-29-26-24-20-17-14-11-8-5-2/h23,25,31,34,39-41,45-46H,4-22,24,26-30,32-33,35-38H2,1-3H3,(H,44,47)/b25-23-,34-31+. The molecule has 0 aliphatic heterocycles. The van der Waals surface area contributed by atoms with Gasteiger partial charge in [0.05, 0.1) is 25.2 Å². The molecule has 3 N–H and O–H groups in total. The molecule has 0 saturated heterocycles. The largest absolute Gasteiger partial charge is 0.458 e. The first kappa shape index (κ1) is 47.3. The Morgan fingerprint density at radius 2 is 1.08 bits per heavy atom. The van der Waals surface area contributed by atoms with E-state index >= 15 is 0 Å². The van der Waals surface area contributed by atoms with E-state index in [1.165, 1.54) is 122 Å². The Kier molecular flexibility index (Phi) is 36.3. The molecular formula is C43H81NO5. The Labute approximate surface area is 303 Å². The van der Waals surface area contributed by atoms with Gasteiger partial charge < -0.3 is 20.3 Å². The van der Waals surface area contributed by atoms with Crippen LogP contribution in [0.3, 0.4) is 0 Å². The van der Waals surface area contributed by atoms with Crippen molar-refractivity contribution in [3.8, 4) is 0 Å². The van der Waals surface area contributed by atoms with Crippen LogP contribution in [-0.2, 0) is 14.3 Å². The topological polar surface area (TPSA) is 95.9 Å². The maximum Gasteiger partial charge on any atom is 0.306 e. The molecule has 288 valence electrons. The average molecular weight is 692 g/mol. The van der Waals surface area contributed by atoms with Crippen LogP contribution in [0.2, 0.25) is 0 Å². The number of nitrogens with one attached hydrogen (secondary N) is 1. The second kappa shape index (κ2) is 37.6. The van der Waals surface area contributed by atoms with Gasteiger partial charge in [0.2, 0.25) is 5.91 Å². The Hall–Kier alpha value is -1.66. The van der Waals surface area contributed by atoms with Crippen molar-refractivity contribution in [2.75, 3.05) is 6.61 Å². The minimum absolute atomic E-state index is 0.0249. The molecule has 0 aromatic rings. The van der Waals surface area contributed by atoms with Crippen molar-refractivity contribution in [3.63, 3.8) is 0 Å². The zero-order valence-electron chi connectivity index (χ0n) is 32.6. The number of aliphatic hydroxyl groups is 2. The molecule has 0 radical (unpaired) electrons. The SMILES string of the molecule is CCCCCCCC/C=C\C/C=C/C(CC(=O)NC(CO)C(O)CCCCCCCCCCCC)OC(=O)CCCCCCCCCCC. The lowest BCUT2D eigenvalue weighted by atomic mass is 10.0. The minimum Gasteiger partial charge on any atom is -0.458 e. The monoisotopic (exact) mass is 692 g/mol. The van der Waals surface area contributed by atoms with Gasteiger partial charge >= 0.3 is 5.97 Å². The molecule has 0 bridgehead atoms. The number of ether oxygens (including phenoxy) is 1. The zero-order chi connectivity index (χ0) is 36.0. The van der Waals surface area contributed by atoms with Crippen molar-refractivity contribution >= 4 is 11.9 Å². The van der Waals surface area contributed by atoms with Crippen molar-refractivity contribution in [2.24, 2.45) is 0 Å². The van der Waals surface area contributed by atoms with Gasteiger partial charge in [0.15, 0.2) is 0 Å². The maximum absolute atomic E-state index is 13.0. The highest BCUT2D eigenvalue weighted by Crippen LogP contribution is 2.15. The van der Waals surface area contributed by atoms with Crippen molar-refractivity contribution in [1.82, 2.24) is 5.32 Å². The lowest BCUT2D eigenvalue weighted by Crippen LogP contribution is -2.46. The predicted octanol–water partition coefficient (Wildman–Crippen LogP) is 11.6. The Morgan fingerprint density at radius 1 is 0.612 bits per heavy atom. The summed E-state index contributed by atoms with van der Waals surface area (Å²) in [6.07, 6.45) is 39.8. The highest BCUT2D eigenvalue weighted by Gasteiger charge is 2.23. The van der Waals surface area contributed by atoms with Crippen molar-refractivity contribution in [2.45, 2.75) is 232 Å². The van der Waals surface area contributed by atoms with Crippen LogP contribution >= 0.6 is 0 Å². The first-order valence-electron chi connectivity index (χ1n) is 21.1. The third-order valence-corrected chi connectivity index (χ3v) is 9.53. The first-order chi connectivity index (χ1) is 24.0. The molecule has 0 saturated carbocycles. The lowest BCUT2D eigenvalue weighted by molar-refractivity contribution is -0.148. The third kappa shape index (κ3) is 33.3. The molecule has 0 rings (SSSR count). The molecular weight excluding hydrogens is 610 g/mol. The fourth-order valence-corrected chi connectivity index (χ4v) is 6.28. The van der Waals surface area contributed by atoms with Crippen LogP contribution in [0.5, 0.6) is 0 Å². The van der Waals surface area contributed by atoms with Gasteiger partial charge in [-0.05, 0) is 38.2 Å². The highest BCUT2D eigenvalue weighted by molar-refractivity contribution is 5.78.